The van der Waals surface area contributed by atoms with Crippen LogP contribution in [0.15, 0.2) is 60.7 Å². The third kappa shape index (κ3) is 5.17. The SMILES string of the molecule is C[C@H](NC(=O)c1ccccc1)C(=O)O[C@@H](C(=O)NC1CC1)c1ccccc1. The van der Waals surface area contributed by atoms with Crippen LogP contribution in [0.5, 0.6) is 0 Å². The molecule has 6 nitrogen and oxygen atoms in total. The molecule has 3 rings (SSSR count). The molecule has 2 aromatic carbocycles. The Morgan fingerprint density at radius 1 is 0.963 bits per heavy atom. The van der Waals surface area contributed by atoms with Crippen molar-refractivity contribution in [3.05, 3.63) is 71.8 Å². The lowest BCUT2D eigenvalue weighted by atomic mass is 10.1. The van der Waals surface area contributed by atoms with E-state index in [9.17, 15) is 14.4 Å². The van der Waals surface area contributed by atoms with Crippen molar-refractivity contribution in [2.24, 2.45) is 0 Å². The molecule has 1 saturated carbocycles. The summed E-state index contributed by atoms with van der Waals surface area (Å²) in [5.74, 6) is -1.39. The average Bonchev–Trinajstić information content (AvgIpc) is 3.51. The van der Waals surface area contributed by atoms with Gasteiger partial charge in [0.25, 0.3) is 11.8 Å². The van der Waals surface area contributed by atoms with Crippen LogP contribution in [0.3, 0.4) is 0 Å². The van der Waals surface area contributed by atoms with E-state index in [4.69, 9.17) is 4.74 Å². The molecule has 0 aliphatic heterocycles. The van der Waals surface area contributed by atoms with E-state index in [1.54, 1.807) is 54.6 Å². The summed E-state index contributed by atoms with van der Waals surface area (Å²) in [5, 5.41) is 5.46. The predicted molar refractivity (Wildman–Crippen MR) is 99.8 cm³/mol. The fourth-order valence-corrected chi connectivity index (χ4v) is 2.55. The lowest BCUT2D eigenvalue weighted by Gasteiger charge is -2.20. The summed E-state index contributed by atoms with van der Waals surface area (Å²) in [6, 6.07) is 16.7. The van der Waals surface area contributed by atoms with Gasteiger partial charge in [-0.3, -0.25) is 9.59 Å². The van der Waals surface area contributed by atoms with Gasteiger partial charge in [-0.15, -0.1) is 0 Å². The Morgan fingerprint density at radius 2 is 1.56 bits per heavy atom. The van der Waals surface area contributed by atoms with E-state index in [1.165, 1.54) is 6.92 Å². The normalized spacial score (nSPS) is 15.3. The number of benzene rings is 2. The molecule has 140 valence electrons. The summed E-state index contributed by atoms with van der Waals surface area (Å²) < 4.78 is 5.46. The quantitative estimate of drug-likeness (QED) is 0.737. The first kappa shape index (κ1) is 18.6. The standard InChI is InChI=1S/C21H22N2O4/c1-14(22-19(24)16-10-6-3-7-11-16)21(26)27-18(15-8-4-2-5-9-15)20(25)23-17-12-13-17/h2-11,14,17-18H,12-13H2,1H3,(H,22,24)(H,23,25)/t14-,18+/m0/s1. The zero-order valence-corrected chi connectivity index (χ0v) is 15.1. The van der Waals surface area contributed by atoms with Crippen molar-refractivity contribution in [2.45, 2.75) is 38.0 Å². The van der Waals surface area contributed by atoms with Crippen LogP contribution in [0.2, 0.25) is 0 Å². The average molecular weight is 366 g/mol. The molecule has 0 bridgehead atoms. The number of amides is 2. The minimum atomic E-state index is -1.05. The van der Waals surface area contributed by atoms with Crippen LogP contribution in [0.25, 0.3) is 0 Å². The van der Waals surface area contributed by atoms with Crippen LogP contribution in [-0.2, 0) is 14.3 Å². The van der Waals surface area contributed by atoms with E-state index in [0.29, 0.717) is 11.1 Å². The van der Waals surface area contributed by atoms with Crippen molar-refractivity contribution in [2.75, 3.05) is 0 Å². The molecule has 0 saturated heterocycles. The highest BCUT2D eigenvalue weighted by Gasteiger charge is 2.32. The molecule has 1 fully saturated rings. The van der Waals surface area contributed by atoms with Crippen LogP contribution in [0, 0.1) is 0 Å². The number of esters is 1. The van der Waals surface area contributed by atoms with Crippen LogP contribution < -0.4 is 10.6 Å². The van der Waals surface area contributed by atoms with Crippen molar-refractivity contribution in [3.8, 4) is 0 Å². The fraction of sp³-hybridized carbons (Fsp3) is 0.286. The second kappa shape index (κ2) is 8.49. The molecule has 0 aromatic heterocycles. The summed E-state index contributed by atoms with van der Waals surface area (Å²) in [5.41, 5.74) is 1.04. The number of hydrogen-bond donors (Lipinski definition) is 2. The molecule has 0 unspecified atom stereocenters. The topological polar surface area (TPSA) is 84.5 Å². The van der Waals surface area contributed by atoms with E-state index in [-0.39, 0.29) is 17.9 Å². The summed E-state index contributed by atoms with van der Waals surface area (Å²) in [7, 11) is 0. The third-order valence-corrected chi connectivity index (χ3v) is 4.24. The molecule has 27 heavy (non-hydrogen) atoms. The van der Waals surface area contributed by atoms with Crippen LogP contribution in [0.4, 0.5) is 0 Å². The molecule has 2 amide bonds. The van der Waals surface area contributed by atoms with Gasteiger partial charge in [0.05, 0.1) is 0 Å². The predicted octanol–water partition coefficient (Wildman–Crippen LogP) is 2.37. The molecule has 6 heteroatoms. The molecule has 0 radical (unpaired) electrons. The van der Waals surface area contributed by atoms with E-state index < -0.39 is 18.1 Å². The van der Waals surface area contributed by atoms with Gasteiger partial charge in [-0.1, -0.05) is 48.5 Å². The second-order valence-electron chi connectivity index (χ2n) is 6.57. The van der Waals surface area contributed by atoms with Gasteiger partial charge in [0.15, 0.2) is 0 Å². The lowest BCUT2D eigenvalue weighted by Crippen LogP contribution is -2.42. The minimum absolute atomic E-state index is 0.151. The van der Waals surface area contributed by atoms with Crippen LogP contribution in [-0.4, -0.2) is 29.9 Å². The summed E-state index contributed by atoms with van der Waals surface area (Å²) in [6.45, 7) is 1.53. The van der Waals surface area contributed by atoms with Gasteiger partial charge < -0.3 is 15.4 Å². The van der Waals surface area contributed by atoms with Gasteiger partial charge >= 0.3 is 5.97 Å². The fourth-order valence-electron chi connectivity index (χ4n) is 2.55. The van der Waals surface area contributed by atoms with E-state index in [2.05, 4.69) is 10.6 Å². The largest absolute Gasteiger partial charge is 0.446 e. The van der Waals surface area contributed by atoms with Gasteiger partial charge in [-0.2, -0.15) is 0 Å². The highest BCUT2D eigenvalue weighted by atomic mass is 16.5. The Labute approximate surface area is 157 Å². The number of carbonyl (C=O) groups is 3. The summed E-state index contributed by atoms with van der Waals surface area (Å²) in [4.78, 5) is 37.2. The maximum atomic E-state index is 12.5. The number of carbonyl (C=O) groups excluding carboxylic acids is 3. The van der Waals surface area contributed by atoms with E-state index in [0.717, 1.165) is 12.8 Å². The van der Waals surface area contributed by atoms with Gasteiger partial charge in [0.2, 0.25) is 6.10 Å². The van der Waals surface area contributed by atoms with E-state index in [1.807, 2.05) is 6.07 Å². The van der Waals surface area contributed by atoms with Crippen molar-refractivity contribution in [1.82, 2.24) is 10.6 Å². The number of nitrogens with one attached hydrogen (secondary N) is 2. The number of hydrogen-bond acceptors (Lipinski definition) is 4. The zero-order valence-electron chi connectivity index (χ0n) is 15.1. The zero-order chi connectivity index (χ0) is 19.2. The summed E-state index contributed by atoms with van der Waals surface area (Å²) in [6.07, 6.45) is 0.825. The van der Waals surface area contributed by atoms with Crippen LogP contribution >= 0.6 is 0 Å². The molecule has 2 aromatic rings. The van der Waals surface area contributed by atoms with Gasteiger partial charge in [0.1, 0.15) is 6.04 Å². The molecule has 0 heterocycles. The Morgan fingerprint density at radius 3 is 2.15 bits per heavy atom. The van der Waals surface area contributed by atoms with Crippen LogP contribution in [0.1, 0.15) is 41.8 Å². The van der Waals surface area contributed by atoms with E-state index >= 15 is 0 Å². The monoisotopic (exact) mass is 366 g/mol. The maximum Gasteiger partial charge on any atom is 0.329 e. The first-order chi connectivity index (χ1) is 13.0. The Balaban J connectivity index is 1.66. The molecular formula is C21H22N2O4. The highest BCUT2D eigenvalue weighted by Crippen LogP contribution is 2.23. The minimum Gasteiger partial charge on any atom is -0.446 e. The van der Waals surface area contributed by atoms with Gasteiger partial charge in [0, 0.05) is 17.2 Å². The molecule has 1 aliphatic rings. The molecule has 1 aliphatic carbocycles. The number of ether oxygens (including phenoxy) is 1. The first-order valence-corrected chi connectivity index (χ1v) is 8.96. The van der Waals surface area contributed by atoms with Crippen molar-refractivity contribution in [3.63, 3.8) is 0 Å². The smallest absolute Gasteiger partial charge is 0.329 e. The third-order valence-electron chi connectivity index (χ3n) is 4.24. The molecule has 2 atom stereocenters. The number of rotatable bonds is 7. The Kier molecular flexibility index (Phi) is 5.86. The molecule has 0 spiro atoms. The van der Waals surface area contributed by atoms with Gasteiger partial charge in [-0.05, 0) is 31.9 Å². The van der Waals surface area contributed by atoms with Crippen molar-refractivity contribution < 1.29 is 19.1 Å². The van der Waals surface area contributed by atoms with Crippen molar-refractivity contribution in [1.29, 1.82) is 0 Å². The lowest BCUT2D eigenvalue weighted by molar-refractivity contribution is -0.158. The second-order valence-corrected chi connectivity index (χ2v) is 6.57. The first-order valence-electron chi connectivity index (χ1n) is 8.96. The maximum absolute atomic E-state index is 12.5. The van der Waals surface area contributed by atoms with Gasteiger partial charge in [-0.25, -0.2) is 4.79 Å². The molecule has 2 N–H and O–H groups in total. The summed E-state index contributed by atoms with van der Waals surface area (Å²) >= 11 is 0. The molecular weight excluding hydrogens is 344 g/mol. The highest BCUT2D eigenvalue weighted by molar-refractivity contribution is 5.97. The Hall–Kier alpha value is -3.15. The van der Waals surface area contributed by atoms with Crippen molar-refractivity contribution >= 4 is 17.8 Å². The Bertz CT molecular complexity index is 803.